The molecule has 0 fully saturated rings. The third-order valence-electron chi connectivity index (χ3n) is 10.5. The van der Waals surface area contributed by atoms with E-state index in [1.807, 2.05) is 24.3 Å². The number of benzene rings is 8. The Kier molecular flexibility index (Phi) is 6.40. The summed E-state index contributed by atoms with van der Waals surface area (Å²) < 4.78 is 25.6. The highest BCUT2D eigenvalue weighted by molar-refractivity contribution is 6.16. The van der Waals surface area contributed by atoms with Crippen molar-refractivity contribution in [1.29, 1.82) is 0 Å². The zero-order valence-electron chi connectivity index (χ0n) is 28.4. The number of halogens is 1. The smallest absolute Gasteiger partial charge is 0.135 e. The molecule has 0 aliphatic heterocycles. The minimum atomic E-state index is -0.271. The van der Waals surface area contributed by atoms with Crippen LogP contribution in [0.4, 0.5) is 21.5 Å². The Balaban J connectivity index is 1.26. The molecule has 3 heterocycles. The fourth-order valence-corrected chi connectivity index (χ4v) is 8.30. The largest absolute Gasteiger partial charge is 0.456 e. The maximum atomic E-state index is 14.8. The second-order valence-electron chi connectivity index (χ2n) is 13.5. The maximum absolute atomic E-state index is 14.8. The van der Waals surface area contributed by atoms with Crippen molar-refractivity contribution in [2.75, 3.05) is 4.90 Å². The van der Waals surface area contributed by atoms with Crippen LogP contribution in [-0.4, -0.2) is 9.13 Å². The van der Waals surface area contributed by atoms with E-state index < -0.39 is 0 Å². The molecule has 53 heavy (non-hydrogen) atoms. The summed E-state index contributed by atoms with van der Waals surface area (Å²) in [6, 6.07) is 62.3. The van der Waals surface area contributed by atoms with Gasteiger partial charge in [0.25, 0.3) is 0 Å². The zero-order chi connectivity index (χ0) is 35.0. The molecule has 0 saturated carbocycles. The SMILES string of the molecule is Fc1cccc(-n2c3ccccc3c3ccc(N(c4ccc5oc6ccccc6c5c4)c4cccc5c6ccccc6n(-c6ccccc6)c45)cc32)c1. The van der Waals surface area contributed by atoms with Crippen LogP contribution in [0.15, 0.2) is 186 Å². The minimum absolute atomic E-state index is 0.271. The highest BCUT2D eigenvalue weighted by Crippen LogP contribution is 2.46. The van der Waals surface area contributed by atoms with Gasteiger partial charge in [-0.2, -0.15) is 0 Å². The summed E-state index contributed by atoms with van der Waals surface area (Å²) in [7, 11) is 0. The second-order valence-corrected chi connectivity index (χ2v) is 13.5. The molecule has 4 nitrogen and oxygen atoms in total. The number of fused-ring (bicyclic) bond motifs is 9. The molecule has 0 N–H and O–H groups in total. The van der Waals surface area contributed by atoms with Gasteiger partial charge in [-0.3, -0.25) is 0 Å². The first-order chi connectivity index (χ1) is 26.2. The fourth-order valence-electron chi connectivity index (χ4n) is 8.30. The van der Waals surface area contributed by atoms with Crippen molar-refractivity contribution in [2.45, 2.75) is 0 Å². The predicted octanol–water partition coefficient (Wildman–Crippen LogP) is 13.4. The highest BCUT2D eigenvalue weighted by Gasteiger charge is 2.23. The number of para-hydroxylation sites is 5. The molecule has 0 radical (unpaired) electrons. The maximum Gasteiger partial charge on any atom is 0.135 e. The third kappa shape index (κ3) is 4.47. The van der Waals surface area contributed by atoms with Crippen molar-refractivity contribution in [3.63, 3.8) is 0 Å². The van der Waals surface area contributed by atoms with Crippen LogP contribution in [0.1, 0.15) is 0 Å². The molecule has 8 aromatic carbocycles. The molecule has 0 aliphatic carbocycles. The van der Waals surface area contributed by atoms with Gasteiger partial charge in [-0.25, -0.2) is 4.39 Å². The van der Waals surface area contributed by atoms with E-state index in [1.54, 1.807) is 12.1 Å². The van der Waals surface area contributed by atoms with Crippen molar-refractivity contribution in [1.82, 2.24) is 9.13 Å². The van der Waals surface area contributed by atoms with E-state index in [0.717, 1.165) is 88.6 Å². The van der Waals surface area contributed by atoms with Crippen molar-refractivity contribution in [3.8, 4) is 11.4 Å². The number of hydrogen-bond acceptors (Lipinski definition) is 2. The third-order valence-corrected chi connectivity index (χ3v) is 10.5. The van der Waals surface area contributed by atoms with Gasteiger partial charge in [0.05, 0.1) is 27.8 Å². The molecule has 11 aromatic rings. The van der Waals surface area contributed by atoms with E-state index in [2.05, 4.69) is 154 Å². The van der Waals surface area contributed by atoms with Crippen LogP contribution < -0.4 is 4.90 Å². The van der Waals surface area contributed by atoms with E-state index in [4.69, 9.17) is 4.42 Å². The Morgan fingerprint density at radius 3 is 1.83 bits per heavy atom. The molecule has 5 heteroatoms. The topological polar surface area (TPSA) is 26.2 Å². The van der Waals surface area contributed by atoms with Crippen LogP contribution in [-0.2, 0) is 0 Å². The van der Waals surface area contributed by atoms with Gasteiger partial charge in [-0.05, 0) is 84.9 Å². The Morgan fingerprint density at radius 1 is 0.396 bits per heavy atom. The molecule has 0 unspecified atom stereocenters. The molecule has 0 bridgehead atoms. The molecule has 0 saturated heterocycles. The molecular weight excluding hydrogens is 654 g/mol. The van der Waals surface area contributed by atoms with Crippen LogP contribution >= 0.6 is 0 Å². The van der Waals surface area contributed by atoms with Crippen molar-refractivity contribution >= 4 is 82.6 Å². The number of hydrogen-bond donors (Lipinski definition) is 0. The molecule has 3 aromatic heterocycles. The Bertz CT molecular complexity index is 3210. The normalized spacial score (nSPS) is 11.9. The van der Waals surface area contributed by atoms with Crippen LogP contribution in [0.3, 0.4) is 0 Å². The molecular formula is C48H30FN3O. The standard InChI is InChI=1S/C48H30FN3O/c49-31-12-10-15-33(28-31)51-42-20-7-4-16-36(42)38-26-24-35(30-45(38)51)50(34-25-27-47-41(29-34)39-18-6-9-23-46(39)53-47)44-22-11-19-40-37-17-5-8-21-43(37)52(48(40)44)32-13-2-1-3-14-32/h1-30H. The van der Waals surface area contributed by atoms with E-state index in [0.29, 0.717) is 0 Å². The van der Waals surface area contributed by atoms with Gasteiger partial charge in [-0.1, -0.05) is 97.1 Å². The summed E-state index contributed by atoms with van der Waals surface area (Å²) in [5.41, 5.74) is 10.8. The van der Waals surface area contributed by atoms with Crippen molar-refractivity contribution in [2.24, 2.45) is 0 Å². The van der Waals surface area contributed by atoms with Crippen LogP contribution in [0.5, 0.6) is 0 Å². The first-order valence-electron chi connectivity index (χ1n) is 17.8. The van der Waals surface area contributed by atoms with E-state index >= 15 is 0 Å². The van der Waals surface area contributed by atoms with Crippen LogP contribution in [0, 0.1) is 5.82 Å². The van der Waals surface area contributed by atoms with Gasteiger partial charge in [0.15, 0.2) is 0 Å². The van der Waals surface area contributed by atoms with Gasteiger partial charge >= 0.3 is 0 Å². The quantitative estimate of drug-likeness (QED) is 0.180. The zero-order valence-corrected chi connectivity index (χ0v) is 28.4. The Morgan fingerprint density at radius 2 is 1.00 bits per heavy atom. The van der Waals surface area contributed by atoms with Gasteiger partial charge in [0.2, 0.25) is 0 Å². The molecule has 0 spiro atoms. The number of rotatable bonds is 5. The summed E-state index contributed by atoms with van der Waals surface area (Å²) in [4.78, 5) is 2.36. The first kappa shape index (κ1) is 29.6. The average molecular weight is 684 g/mol. The molecule has 0 atom stereocenters. The summed E-state index contributed by atoms with van der Waals surface area (Å²) in [6.07, 6.45) is 0. The van der Waals surface area contributed by atoms with Crippen molar-refractivity contribution < 1.29 is 8.81 Å². The van der Waals surface area contributed by atoms with E-state index in [-0.39, 0.29) is 5.82 Å². The van der Waals surface area contributed by atoms with E-state index in [9.17, 15) is 4.39 Å². The summed E-state index contributed by atoms with van der Waals surface area (Å²) >= 11 is 0. The highest BCUT2D eigenvalue weighted by atomic mass is 19.1. The van der Waals surface area contributed by atoms with Gasteiger partial charge in [0, 0.05) is 55.1 Å². The summed E-state index contributed by atoms with van der Waals surface area (Å²) in [5, 5.41) is 6.68. The lowest BCUT2D eigenvalue weighted by molar-refractivity contribution is 0.627. The van der Waals surface area contributed by atoms with Gasteiger partial charge in [-0.15, -0.1) is 0 Å². The monoisotopic (exact) mass is 683 g/mol. The lowest BCUT2D eigenvalue weighted by Crippen LogP contribution is -2.12. The van der Waals surface area contributed by atoms with Crippen molar-refractivity contribution in [3.05, 3.63) is 188 Å². The van der Waals surface area contributed by atoms with E-state index in [1.165, 1.54) is 11.5 Å². The molecule has 0 aliphatic rings. The molecule has 250 valence electrons. The van der Waals surface area contributed by atoms with Gasteiger partial charge < -0.3 is 18.5 Å². The summed E-state index contributed by atoms with van der Waals surface area (Å²) in [6.45, 7) is 0. The number of nitrogens with zero attached hydrogens (tertiary/aromatic N) is 3. The molecule has 0 amide bonds. The Labute approximate surface area is 303 Å². The Hall–Kier alpha value is -7.11. The number of aromatic nitrogens is 2. The average Bonchev–Trinajstić information content (AvgIpc) is 3.86. The lowest BCUT2D eigenvalue weighted by atomic mass is 10.1. The predicted molar refractivity (Wildman–Crippen MR) is 217 cm³/mol. The summed E-state index contributed by atoms with van der Waals surface area (Å²) in [5.74, 6) is -0.271. The second kappa shape index (κ2) is 11.5. The number of anilines is 3. The number of furan rings is 1. The van der Waals surface area contributed by atoms with Crippen LogP contribution in [0.25, 0.3) is 76.9 Å². The minimum Gasteiger partial charge on any atom is -0.456 e. The van der Waals surface area contributed by atoms with Gasteiger partial charge in [0.1, 0.15) is 17.0 Å². The fraction of sp³-hybridized carbons (Fsp3) is 0. The lowest BCUT2D eigenvalue weighted by Gasteiger charge is -2.27. The molecule has 11 rings (SSSR count). The first-order valence-corrected chi connectivity index (χ1v) is 17.8. The van der Waals surface area contributed by atoms with Crippen LogP contribution in [0.2, 0.25) is 0 Å².